The van der Waals surface area contributed by atoms with Crippen LogP contribution in [0.4, 0.5) is 0 Å². The molecule has 1 nitrogen and oxygen atoms in total. The Labute approximate surface area is 40.9 Å². The van der Waals surface area contributed by atoms with Gasteiger partial charge in [-0.25, -0.2) is 0 Å². The van der Waals surface area contributed by atoms with E-state index in [0.717, 1.165) is 0 Å². The van der Waals surface area contributed by atoms with Gasteiger partial charge in [0.15, 0.2) is 0 Å². The fourth-order valence-corrected chi connectivity index (χ4v) is 0. The Kier molecular flexibility index (Phi) is 20.0. The van der Waals surface area contributed by atoms with Crippen molar-refractivity contribution in [3.8, 4) is 0 Å². The average molecular weight is 272 g/mol. The molecule has 0 aliphatic carbocycles. The molecule has 0 aliphatic rings. The summed E-state index contributed by atoms with van der Waals surface area (Å²) in [5.41, 5.74) is 0. The molecular weight excluding hydrogens is 272 g/mol. The van der Waals surface area contributed by atoms with Crippen molar-refractivity contribution in [3.05, 3.63) is 7.43 Å². The van der Waals surface area contributed by atoms with Gasteiger partial charge in [-0.1, -0.05) is 0 Å². The second kappa shape index (κ2) is 9.02. The summed E-state index contributed by atoms with van der Waals surface area (Å²) in [6.07, 6.45) is 0. The summed E-state index contributed by atoms with van der Waals surface area (Å²) < 4.78 is 8.88. The minimum absolute atomic E-state index is 0. The van der Waals surface area contributed by atoms with Gasteiger partial charge in [-0.15, -0.1) is 0 Å². The van der Waals surface area contributed by atoms with E-state index in [-0.39, 0.29) is 7.43 Å². The molecule has 0 aromatic heterocycles. The van der Waals surface area contributed by atoms with Gasteiger partial charge < -0.3 is 0 Å². The van der Waals surface area contributed by atoms with Gasteiger partial charge in [0.25, 0.3) is 0 Å². The maximum absolute atomic E-state index is 8.88. The molecule has 3 heteroatoms. The third-order valence-electron chi connectivity index (χ3n) is 0. The van der Waals surface area contributed by atoms with Crippen LogP contribution in [0.1, 0.15) is 0 Å². The summed E-state index contributed by atoms with van der Waals surface area (Å²) in [6.45, 7) is 0. The van der Waals surface area contributed by atoms with Gasteiger partial charge in [-0.05, 0) is 0 Å². The normalized spacial score (nSPS) is 3.25. The number of rotatable bonds is 0. The van der Waals surface area contributed by atoms with Crippen LogP contribution in [0, 0.1) is 7.43 Å². The zero-order valence-electron chi connectivity index (χ0n) is 1.73. The third kappa shape index (κ3) is 12.2. The Balaban J connectivity index is 0. The summed E-state index contributed by atoms with van der Waals surface area (Å²) >= 11 is -1.61. The summed E-state index contributed by atoms with van der Waals surface area (Å²) in [5.74, 6) is 0. The topological polar surface area (TPSA) is 17.1 Å². The molecule has 0 spiro atoms. The predicted octanol–water partition coefficient (Wildman–Crippen LogP) is 0.271. The molecule has 0 N–H and O–H groups in total. The van der Waals surface area contributed by atoms with Gasteiger partial charge in [0.2, 0.25) is 0 Å². The van der Waals surface area contributed by atoms with E-state index in [9.17, 15) is 0 Å². The first kappa shape index (κ1) is 8.88. The monoisotopic (exact) mass is 272 g/mol. The van der Waals surface area contributed by atoms with E-state index in [0.29, 0.717) is 0 Å². The molecule has 0 saturated heterocycles. The van der Waals surface area contributed by atoms with Crippen LogP contribution < -0.4 is 0 Å². The fraction of sp³-hybridized carbons (Fsp3) is 0. The van der Waals surface area contributed by atoms with Gasteiger partial charge in [-0.2, -0.15) is 0 Å². The zero-order valence-corrected chi connectivity index (χ0v) is 5.97. The van der Waals surface area contributed by atoms with Crippen LogP contribution in [0.2, 0.25) is 0 Å². The quantitative estimate of drug-likeness (QED) is 0.579. The van der Waals surface area contributed by atoms with Crippen molar-refractivity contribution in [1.29, 1.82) is 0 Å². The molecule has 0 aromatic rings. The molecule has 0 fully saturated rings. The zero-order chi connectivity index (χ0) is 2.71. The third-order valence-corrected chi connectivity index (χ3v) is 0. The number of halogens is 1. The van der Waals surface area contributed by atoms with Gasteiger partial charge >= 0.3 is 33.4 Å². The molecule has 0 atom stereocenters. The van der Waals surface area contributed by atoms with Crippen LogP contribution in [0.5, 0.6) is 0 Å². The van der Waals surface area contributed by atoms with Crippen LogP contribution in [0.3, 0.4) is 0 Å². The SMILES string of the molecule is [C].[O]=[Bi][Cl]. The van der Waals surface area contributed by atoms with Crippen molar-refractivity contribution in [3.63, 3.8) is 0 Å². The second-order valence-corrected chi connectivity index (χ2v) is 1.82. The van der Waals surface area contributed by atoms with Crippen molar-refractivity contribution in [2.75, 3.05) is 0 Å². The van der Waals surface area contributed by atoms with E-state index in [4.69, 9.17) is 2.81 Å². The first-order valence-corrected chi connectivity index (χ1v) is 6.05. The molecule has 0 amide bonds. The van der Waals surface area contributed by atoms with E-state index in [1.54, 1.807) is 0 Å². The van der Waals surface area contributed by atoms with E-state index in [1.807, 2.05) is 0 Å². The van der Waals surface area contributed by atoms with Crippen molar-refractivity contribution in [2.45, 2.75) is 0 Å². The summed E-state index contributed by atoms with van der Waals surface area (Å²) in [4.78, 5) is 0. The molecule has 0 saturated carbocycles. The summed E-state index contributed by atoms with van der Waals surface area (Å²) in [7, 11) is 4.62. The van der Waals surface area contributed by atoms with Gasteiger partial charge in [-0.3, -0.25) is 0 Å². The standard InChI is InChI=1S/C.Bi.ClH.O/h;;1H;/q;+1;;/p-1. The van der Waals surface area contributed by atoms with Crippen molar-refractivity contribution in [1.82, 2.24) is 0 Å². The molecule has 4 radical (unpaired) electrons. The molecule has 22 valence electrons. The second-order valence-electron chi connectivity index (χ2n) is 0.0690. The molecule has 0 unspecified atom stereocenters. The summed E-state index contributed by atoms with van der Waals surface area (Å²) in [6, 6.07) is 0. The minimum atomic E-state index is -1.61. The summed E-state index contributed by atoms with van der Waals surface area (Å²) in [5, 5.41) is 0. The van der Waals surface area contributed by atoms with Crippen molar-refractivity contribution >= 4 is 30.6 Å². The molecule has 0 heterocycles. The first-order chi connectivity index (χ1) is 1.41. The molecule has 4 heavy (non-hydrogen) atoms. The predicted molar refractivity (Wildman–Crippen MR) is 15.5 cm³/mol. The Morgan fingerprint density at radius 1 is 1.75 bits per heavy atom. The van der Waals surface area contributed by atoms with Crippen LogP contribution in [-0.4, -0.2) is 22.0 Å². The molecule has 0 aromatic carbocycles. The van der Waals surface area contributed by atoms with E-state index in [2.05, 4.69) is 8.51 Å². The average Bonchev–Trinajstić information content (AvgIpc) is 0.918. The Bertz CT molecular complexity index is 15.5. The van der Waals surface area contributed by atoms with Crippen molar-refractivity contribution < 1.29 is 2.81 Å². The fourth-order valence-electron chi connectivity index (χ4n) is 0. The van der Waals surface area contributed by atoms with Gasteiger partial charge in [0.05, 0.1) is 0 Å². The Morgan fingerprint density at radius 3 is 1.75 bits per heavy atom. The van der Waals surface area contributed by atoms with Gasteiger partial charge in [0.1, 0.15) is 0 Å². The number of hydrogen-bond acceptors (Lipinski definition) is 1. The van der Waals surface area contributed by atoms with Crippen molar-refractivity contribution in [2.24, 2.45) is 0 Å². The van der Waals surface area contributed by atoms with Gasteiger partial charge in [0, 0.05) is 7.43 Å². The van der Waals surface area contributed by atoms with Crippen LogP contribution in [-0.2, 0) is 2.81 Å². The molecular formula is CBiClO. The van der Waals surface area contributed by atoms with Crippen LogP contribution in [0.25, 0.3) is 0 Å². The van der Waals surface area contributed by atoms with E-state index >= 15 is 0 Å². The van der Waals surface area contributed by atoms with Crippen LogP contribution in [0.15, 0.2) is 0 Å². The Morgan fingerprint density at radius 2 is 1.75 bits per heavy atom. The van der Waals surface area contributed by atoms with Crippen LogP contribution >= 0.6 is 8.51 Å². The molecule has 0 bridgehead atoms. The van der Waals surface area contributed by atoms with E-state index < -0.39 is 22.0 Å². The van der Waals surface area contributed by atoms with E-state index in [1.165, 1.54) is 0 Å². The maximum atomic E-state index is 8.88. The molecule has 0 aliphatic heterocycles. The first-order valence-electron chi connectivity index (χ1n) is 0.352. The Hall–Kier alpha value is 0.973. The molecule has 0 rings (SSSR count). The number of hydrogen-bond donors (Lipinski definition) is 0.